The van der Waals surface area contributed by atoms with Gasteiger partial charge in [-0.05, 0) is 31.9 Å². The van der Waals surface area contributed by atoms with E-state index in [1.165, 1.54) is 0 Å². The molecule has 2 aliphatic rings. The Bertz CT molecular complexity index is 592. The summed E-state index contributed by atoms with van der Waals surface area (Å²) in [4.78, 5) is 18.5. The first-order valence-corrected chi connectivity index (χ1v) is 7.22. The van der Waals surface area contributed by atoms with Gasteiger partial charge in [-0.2, -0.15) is 5.26 Å². The van der Waals surface area contributed by atoms with Crippen LogP contribution in [0.25, 0.3) is 0 Å². The molecule has 1 N–H and O–H groups in total. The highest BCUT2D eigenvalue weighted by atomic mass is 16.5. The van der Waals surface area contributed by atoms with Gasteiger partial charge in [0.05, 0.1) is 18.7 Å². The molecular weight excluding hydrogens is 268 g/mol. The Labute approximate surface area is 123 Å². The van der Waals surface area contributed by atoms with E-state index >= 15 is 0 Å². The number of carbonyl (C=O) groups is 1. The van der Waals surface area contributed by atoms with Gasteiger partial charge in [0, 0.05) is 18.3 Å². The molecule has 1 aliphatic carbocycles. The fourth-order valence-corrected chi connectivity index (χ4v) is 2.39. The lowest BCUT2D eigenvalue weighted by Gasteiger charge is -2.33. The van der Waals surface area contributed by atoms with Crippen LogP contribution in [0.5, 0.6) is 0 Å². The molecule has 2 fully saturated rings. The Hall–Kier alpha value is -2.13. The number of ether oxygens (including phenoxy) is 1. The molecule has 1 saturated carbocycles. The van der Waals surface area contributed by atoms with Crippen molar-refractivity contribution in [3.8, 4) is 6.07 Å². The number of rotatable bonds is 3. The summed E-state index contributed by atoms with van der Waals surface area (Å²) >= 11 is 0. The molecular formula is C15H18N4O2. The third kappa shape index (κ3) is 3.14. The van der Waals surface area contributed by atoms with Crippen LogP contribution in [0.15, 0.2) is 12.1 Å². The molecule has 2 heterocycles. The number of aryl methyl sites for hydroxylation is 1. The standard InChI is InChI=1S/C15H18N4O2/c1-10-2-3-11(8-16)14(17-10)19-6-7-21-13(9-19)15(20)18-12-4-5-12/h2-3,12-13H,4-7,9H2,1H3,(H,18,20). The number of carbonyl (C=O) groups excluding carboxylic acids is 1. The van der Waals surface area contributed by atoms with Gasteiger partial charge in [-0.15, -0.1) is 0 Å². The van der Waals surface area contributed by atoms with E-state index in [4.69, 9.17) is 4.74 Å². The van der Waals surface area contributed by atoms with E-state index < -0.39 is 6.10 Å². The van der Waals surface area contributed by atoms with Gasteiger partial charge in [0.15, 0.2) is 6.10 Å². The number of nitrogens with one attached hydrogen (secondary N) is 1. The zero-order chi connectivity index (χ0) is 14.8. The Morgan fingerprint density at radius 2 is 2.33 bits per heavy atom. The van der Waals surface area contributed by atoms with Crippen LogP contribution >= 0.6 is 0 Å². The van der Waals surface area contributed by atoms with E-state index in [1.807, 2.05) is 17.9 Å². The average molecular weight is 286 g/mol. The van der Waals surface area contributed by atoms with Crippen molar-refractivity contribution < 1.29 is 9.53 Å². The van der Waals surface area contributed by atoms with Gasteiger partial charge in [0.25, 0.3) is 5.91 Å². The maximum absolute atomic E-state index is 12.1. The number of pyridine rings is 1. The molecule has 21 heavy (non-hydrogen) atoms. The molecule has 1 aliphatic heterocycles. The second-order valence-corrected chi connectivity index (χ2v) is 5.52. The summed E-state index contributed by atoms with van der Waals surface area (Å²) in [6, 6.07) is 6.07. The van der Waals surface area contributed by atoms with Crippen molar-refractivity contribution in [2.24, 2.45) is 0 Å². The minimum absolute atomic E-state index is 0.0617. The number of aromatic nitrogens is 1. The SMILES string of the molecule is Cc1ccc(C#N)c(N2CCOC(C(=O)NC3CC3)C2)n1. The van der Waals surface area contributed by atoms with Crippen LogP contribution in [0.2, 0.25) is 0 Å². The summed E-state index contributed by atoms with van der Waals surface area (Å²) in [6.07, 6.45) is 1.62. The van der Waals surface area contributed by atoms with Gasteiger partial charge in [-0.1, -0.05) is 0 Å². The molecule has 1 unspecified atom stereocenters. The molecule has 6 heteroatoms. The minimum atomic E-state index is -0.492. The Kier molecular flexibility index (Phi) is 3.76. The summed E-state index contributed by atoms with van der Waals surface area (Å²) in [5.74, 6) is 0.582. The summed E-state index contributed by atoms with van der Waals surface area (Å²) < 4.78 is 5.56. The van der Waals surface area contributed by atoms with Gasteiger partial charge in [-0.25, -0.2) is 4.98 Å². The molecule has 0 spiro atoms. The second kappa shape index (κ2) is 5.70. The summed E-state index contributed by atoms with van der Waals surface area (Å²) in [6.45, 7) is 3.42. The summed E-state index contributed by atoms with van der Waals surface area (Å²) in [7, 11) is 0. The third-order valence-corrected chi connectivity index (χ3v) is 3.72. The van der Waals surface area contributed by atoms with E-state index in [2.05, 4.69) is 16.4 Å². The zero-order valence-corrected chi connectivity index (χ0v) is 12.0. The number of nitrogens with zero attached hydrogens (tertiary/aromatic N) is 3. The largest absolute Gasteiger partial charge is 0.365 e. The molecule has 1 aromatic heterocycles. The Morgan fingerprint density at radius 1 is 1.52 bits per heavy atom. The number of hydrogen-bond acceptors (Lipinski definition) is 5. The van der Waals surface area contributed by atoms with Crippen LogP contribution in [0.3, 0.4) is 0 Å². The number of anilines is 1. The molecule has 1 saturated heterocycles. The van der Waals surface area contributed by atoms with E-state index in [-0.39, 0.29) is 5.91 Å². The van der Waals surface area contributed by atoms with E-state index in [0.717, 1.165) is 18.5 Å². The number of hydrogen-bond donors (Lipinski definition) is 1. The quantitative estimate of drug-likeness (QED) is 0.887. The van der Waals surface area contributed by atoms with Crippen molar-refractivity contribution in [1.82, 2.24) is 10.3 Å². The monoisotopic (exact) mass is 286 g/mol. The predicted octanol–water partition coefficient (Wildman–Crippen LogP) is 0.745. The van der Waals surface area contributed by atoms with E-state index in [9.17, 15) is 10.1 Å². The molecule has 1 aromatic rings. The number of amides is 1. The fraction of sp³-hybridized carbons (Fsp3) is 0.533. The molecule has 1 atom stereocenters. The first-order chi connectivity index (χ1) is 10.2. The van der Waals surface area contributed by atoms with Crippen LogP contribution in [0, 0.1) is 18.3 Å². The van der Waals surface area contributed by atoms with Gasteiger partial charge < -0.3 is 15.0 Å². The number of morpholine rings is 1. The molecule has 0 radical (unpaired) electrons. The molecule has 1 amide bonds. The first kappa shape index (κ1) is 13.8. The predicted molar refractivity (Wildman–Crippen MR) is 76.8 cm³/mol. The Balaban J connectivity index is 1.75. The van der Waals surface area contributed by atoms with Gasteiger partial charge in [-0.3, -0.25) is 4.79 Å². The van der Waals surface area contributed by atoms with Crippen molar-refractivity contribution in [2.45, 2.75) is 31.9 Å². The van der Waals surface area contributed by atoms with Crippen molar-refractivity contribution >= 4 is 11.7 Å². The molecule has 6 nitrogen and oxygen atoms in total. The van der Waals surface area contributed by atoms with Crippen molar-refractivity contribution in [3.63, 3.8) is 0 Å². The van der Waals surface area contributed by atoms with Gasteiger partial charge in [0.1, 0.15) is 11.9 Å². The summed E-state index contributed by atoms with van der Waals surface area (Å²) in [5, 5.41) is 12.2. The first-order valence-electron chi connectivity index (χ1n) is 7.22. The van der Waals surface area contributed by atoms with Crippen molar-refractivity contribution in [2.75, 3.05) is 24.6 Å². The second-order valence-electron chi connectivity index (χ2n) is 5.52. The highest BCUT2D eigenvalue weighted by Crippen LogP contribution is 2.22. The normalized spacial score (nSPS) is 21.7. The molecule has 3 rings (SSSR count). The topological polar surface area (TPSA) is 78.2 Å². The fourth-order valence-electron chi connectivity index (χ4n) is 2.39. The lowest BCUT2D eigenvalue weighted by molar-refractivity contribution is -0.133. The van der Waals surface area contributed by atoms with Crippen molar-refractivity contribution in [1.29, 1.82) is 5.26 Å². The highest BCUT2D eigenvalue weighted by molar-refractivity contribution is 5.82. The number of nitriles is 1. The van der Waals surface area contributed by atoms with Crippen LogP contribution in [-0.4, -0.2) is 42.7 Å². The smallest absolute Gasteiger partial charge is 0.251 e. The Morgan fingerprint density at radius 3 is 3.05 bits per heavy atom. The lowest BCUT2D eigenvalue weighted by Crippen LogP contribution is -2.50. The molecule has 0 bridgehead atoms. The highest BCUT2D eigenvalue weighted by Gasteiger charge is 2.32. The third-order valence-electron chi connectivity index (χ3n) is 3.72. The van der Waals surface area contributed by atoms with E-state index in [1.54, 1.807) is 6.07 Å². The maximum atomic E-state index is 12.1. The average Bonchev–Trinajstić information content (AvgIpc) is 3.31. The zero-order valence-electron chi connectivity index (χ0n) is 12.0. The van der Waals surface area contributed by atoms with Gasteiger partial charge in [0.2, 0.25) is 0 Å². The summed E-state index contributed by atoms with van der Waals surface area (Å²) in [5.41, 5.74) is 1.39. The van der Waals surface area contributed by atoms with Gasteiger partial charge >= 0.3 is 0 Å². The van der Waals surface area contributed by atoms with E-state index in [0.29, 0.717) is 37.1 Å². The van der Waals surface area contributed by atoms with Crippen LogP contribution < -0.4 is 10.2 Å². The van der Waals surface area contributed by atoms with Crippen LogP contribution in [-0.2, 0) is 9.53 Å². The van der Waals surface area contributed by atoms with Crippen LogP contribution in [0.4, 0.5) is 5.82 Å². The minimum Gasteiger partial charge on any atom is -0.365 e. The van der Waals surface area contributed by atoms with Crippen molar-refractivity contribution in [3.05, 3.63) is 23.4 Å². The maximum Gasteiger partial charge on any atom is 0.251 e. The molecule has 110 valence electrons. The lowest BCUT2D eigenvalue weighted by atomic mass is 10.2. The molecule has 0 aromatic carbocycles. The van der Waals surface area contributed by atoms with Crippen LogP contribution in [0.1, 0.15) is 24.1 Å².